The van der Waals surface area contributed by atoms with E-state index in [9.17, 15) is 24.5 Å². The lowest BCUT2D eigenvalue weighted by atomic mass is 10.1. The van der Waals surface area contributed by atoms with Crippen molar-refractivity contribution in [3.05, 3.63) is 63.7 Å². The number of para-hydroxylation sites is 2. The van der Waals surface area contributed by atoms with E-state index in [2.05, 4.69) is 5.32 Å². The van der Waals surface area contributed by atoms with Gasteiger partial charge in [0.25, 0.3) is 17.5 Å². The molecular weight excluding hydrogens is 384 g/mol. The van der Waals surface area contributed by atoms with Gasteiger partial charge in [-0.25, -0.2) is 4.79 Å². The first-order chi connectivity index (χ1) is 13.8. The fraction of sp³-hybridized carbons (Fsp3) is 0.211. The maximum atomic E-state index is 12.1. The number of carbonyl (C=O) groups excluding carboxylic acids is 3. The van der Waals surface area contributed by atoms with E-state index >= 15 is 0 Å². The number of nitrogens with one attached hydrogen (secondary N) is 1. The van der Waals surface area contributed by atoms with Crippen molar-refractivity contribution in [1.82, 2.24) is 5.32 Å². The Kier molecular flexibility index (Phi) is 5.72. The van der Waals surface area contributed by atoms with E-state index in [1.165, 1.54) is 25.1 Å². The number of ether oxygens (including phenoxy) is 3. The molecule has 0 fully saturated rings. The van der Waals surface area contributed by atoms with Crippen LogP contribution in [-0.2, 0) is 14.3 Å². The van der Waals surface area contributed by atoms with Gasteiger partial charge in [-0.05, 0) is 31.2 Å². The number of hydrogen-bond acceptors (Lipinski definition) is 8. The lowest BCUT2D eigenvalue weighted by Crippen LogP contribution is -2.47. The summed E-state index contributed by atoms with van der Waals surface area (Å²) in [6, 6.07) is 10.5. The van der Waals surface area contributed by atoms with Crippen molar-refractivity contribution in [2.45, 2.75) is 13.0 Å². The van der Waals surface area contributed by atoms with Gasteiger partial charge in [-0.1, -0.05) is 12.1 Å². The average Bonchev–Trinajstić information content (AvgIpc) is 2.71. The van der Waals surface area contributed by atoms with E-state index in [-0.39, 0.29) is 23.4 Å². The minimum Gasteiger partial charge on any atom is -0.485 e. The summed E-state index contributed by atoms with van der Waals surface area (Å²) >= 11 is 0. The predicted molar refractivity (Wildman–Crippen MR) is 97.6 cm³/mol. The molecule has 1 N–H and O–H groups in total. The van der Waals surface area contributed by atoms with Gasteiger partial charge >= 0.3 is 5.97 Å². The number of hydrogen-bond donors (Lipinski definition) is 1. The van der Waals surface area contributed by atoms with E-state index in [1.807, 2.05) is 0 Å². The molecule has 0 aromatic heterocycles. The van der Waals surface area contributed by atoms with Gasteiger partial charge in [-0.15, -0.1) is 0 Å². The van der Waals surface area contributed by atoms with Crippen LogP contribution in [-0.4, -0.2) is 42.0 Å². The van der Waals surface area contributed by atoms with Gasteiger partial charge in [-0.3, -0.25) is 25.0 Å². The highest BCUT2D eigenvalue weighted by atomic mass is 16.6. The van der Waals surface area contributed by atoms with Gasteiger partial charge < -0.3 is 14.2 Å². The first-order valence-corrected chi connectivity index (χ1v) is 8.49. The topological polar surface area (TPSA) is 134 Å². The van der Waals surface area contributed by atoms with Crippen LogP contribution in [0.15, 0.2) is 42.5 Å². The normalized spacial score (nSPS) is 14.6. The highest BCUT2D eigenvalue weighted by molar-refractivity contribution is 5.99. The van der Waals surface area contributed by atoms with Crippen molar-refractivity contribution < 1.29 is 33.5 Å². The van der Waals surface area contributed by atoms with Gasteiger partial charge in [0.15, 0.2) is 18.1 Å². The predicted octanol–water partition coefficient (Wildman–Crippen LogP) is 1.54. The van der Waals surface area contributed by atoms with Crippen LogP contribution < -0.4 is 14.8 Å². The number of nitro groups is 1. The Bertz CT molecular complexity index is 988. The number of imide groups is 1. The molecule has 150 valence electrons. The number of amides is 2. The fourth-order valence-corrected chi connectivity index (χ4v) is 2.60. The lowest BCUT2D eigenvalue weighted by Gasteiger charge is -2.25. The molecule has 0 unspecified atom stereocenters. The maximum absolute atomic E-state index is 12.1. The third-order valence-corrected chi connectivity index (χ3v) is 4.03. The zero-order chi connectivity index (χ0) is 21.0. The van der Waals surface area contributed by atoms with Crippen molar-refractivity contribution in [1.29, 1.82) is 0 Å². The van der Waals surface area contributed by atoms with E-state index in [1.54, 1.807) is 24.3 Å². The van der Waals surface area contributed by atoms with Crippen molar-refractivity contribution in [2.24, 2.45) is 0 Å². The molecule has 0 aliphatic carbocycles. The summed E-state index contributed by atoms with van der Waals surface area (Å²) in [5.41, 5.74) is 0.188. The summed E-state index contributed by atoms with van der Waals surface area (Å²) in [5, 5.41) is 12.9. The highest BCUT2D eigenvalue weighted by Gasteiger charge is 2.28. The number of nitrogens with zero attached hydrogens (tertiary/aromatic N) is 1. The molecule has 0 radical (unpaired) electrons. The van der Waals surface area contributed by atoms with E-state index in [0.29, 0.717) is 11.5 Å². The second kappa shape index (κ2) is 8.38. The molecule has 1 heterocycles. The molecule has 1 aliphatic heterocycles. The van der Waals surface area contributed by atoms with E-state index in [0.717, 1.165) is 0 Å². The zero-order valence-electron chi connectivity index (χ0n) is 15.2. The lowest BCUT2D eigenvalue weighted by molar-refractivity contribution is -0.385. The van der Waals surface area contributed by atoms with Crippen molar-refractivity contribution >= 4 is 23.5 Å². The summed E-state index contributed by atoms with van der Waals surface area (Å²) in [6.45, 7) is 0.702. The average molecular weight is 400 g/mol. The van der Waals surface area contributed by atoms with Crippen LogP contribution in [0.25, 0.3) is 0 Å². The maximum Gasteiger partial charge on any atom is 0.338 e. The van der Waals surface area contributed by atoms with Gasteiger partial charge in [0.2, 0.25) is 6.10 Å². The number of rotatable bonds is 5. The van der Waals surface area contributed by atoms with Gasteiger partial charge in [0.1, 0.15) is 6.61 Å². The smallest absolute Gasteiger partial charge is 0.338 e. The molecule has 0 spiro atoms. The minimum absolute atomic E-state index is 0.0489. The van der Waals surface area contributed by atoms with E-state index < -0.39 is 35.4 Å². The molecule has 3 rings (SSSR count). The van der Waals surface area contributed by atoms with Crippen LogP contribution >= 0.6 is 0 Å². The number of fused-ring (bicyclic) bond motifs is 1. The Balaban J connectivity index is 1.51. The third kappa shape index (κ3) is 4.67. The molecule has 0 saturated carbocycles. The molecule has 10 nitrogen and oxygen atoms in total. The number of nitro benzene ring substituents is 1. The van der Waals surface area contributed by atoms with Crippen LogP contribution in [0.4, 0.5) is 5.69 Å². The van der Waals surface area contributed by atoms with E-state index in [4.69, 9.17) is 14.2 Å². The van der Waals surface area contributed by atoms with Crippen molar-refractivity contribution in [2.75, 3.05) is 13.2 Å². The molecule has 0 bridgehead atoms. The summed E-state index contributed by atoms with van der Waals surface area (Å²) in [5.74, 6) is -1.55. The second-order valence-corrected chi connectivity index (χ2v) is 6.11. The number of esters is 1. The highest BCUT2D eigenvalue weighted by Crippen LogP contribution is 2.30. The summed E-state index contributed by atoms with van der Waals surface area (Å²) in [4.78, 5) is 46.3. The quantitative estimate of drug-likeness (QED) is 0.454. The molecule has 1 atom stereocenters. The standard InChI is InChI=1S/C19H16N2O8/c1-11-8-12(6-7-13(11)21(25)26)19(24)28-10-17(22)20-18(23)16-9-27-14-4-2-3-5-15(14)29-16/h2-8,16H,9-10H2,1H3,(H,20,22,23)/t16-/m0/s1. The SMILES string of the molecule is Cc1cc(C(=O)OCC(=O)NC(=O)[C@@H]2COc3ccccc3O2)ccc1[N+](=O)[O-]. The Labute approximate surface area is 164 Å². The Morgan fingerprint density at radius 1 is 1.21 bits per heavy atom. The number of benzene rings is 2. The molecule has 2 aromatic rings. The van der Waals surface area contributed by atoms with Crippen LogP contribution in [0, 0.1) is 17.0 Å². The van der Waals surface area contributed by atoms with Crippen LogP contribution in [0.3, 0.4) is 0 Å². The monoisotopic (exact) mass is 400 g/mol. The third-order valence-electron chi connectivity index (χ3n) is 4.03. The molecule has 29 heavy (non-hydrogen) atoms. The van der Waals surface area contributed by atoms with Crippen LogP contribution in [0.5, 0.6) is 11.5 Å². The number of aryl methyl sites for hydroxylation is 1. The van der Waals surface area contributed by atoms with Crippen LogP contribution in [0.2, 0.25) is 0 Å². The first-order valence-electron chi connectivity index (χ1n) is 8.49. The number of carbonyl (C=O) groups is 3. The van der Waals surface area contributed by atoms with Crippen molar-refractivity contribution in [3.8, 4) is 11.5 Å². The summed E-state index contributed by atoms with van der Waals surface area (Å²) < 4.78 is 15.7. The second-order valence-electron chi connectivity index (χ2n) is 6.11. The van der Waals surface area contributed by atoms with Crippen LogP contribution in [0.1, 0.15) is 15.9 Å². The molecule has 10 heteroatoms. The van der Waals surface area contributed by atoms with Crippen molar-refractivity contribution in [3.63, 3.8) is 0 Å². The van der Waals surface area contributed by atoms with Gasteiger partial charge in [0.05, 0.1) is 10.5 Å². The molecule has 1 aliphatic rings. The Morgan fingerprint density at radius 2 is 1.93 bits per heavy atom. The Morgan fingerprint density at radius 3 is 2.62 bits per heavy atom. The largest absolute Gasteiger partial charge is 0.485 e. The molecule has 2 aromatic carbocycles. The first kappa shape index (κ1) is 19.8. The summed E-state index contributed by atoms with van der Waals surface area (Å²) in [6.07, 6.45) is -1.03. The zero-order valence-corrected chi connectivity index (χ0v) is 15.2. The fourth-order valence-electron chi connectivity index (χ4n) is 2.60. The summed E-state index contributed by atoms with van der Waals surface area (Å²) in [7, 11) is 0. The van der Waals surface area contributed by atoms with Gasteiger partial charge in [0, 0.05) is 11.6 Å². The van der Waals surface area contributed by atoms with Gasteiger partial charge in [-0.2, -0.15) is 0 Å². The Hall–Kier alpha value is -3.95. The molecular formula is C19H16N2O8. The molecule has 2 amide bonds. The molecule has 0 saturated heterocycles. The minimum atomic E-state index is -1.03.